The highest BCUT2D eigenvalue weighted by molar-refractivity contribution is 5.85. The van der Waals surface area contributed by atoms with E-state index in [2.05, 4.69) is 15.3 Å². The van der Waals surface area contributed by atoms with E-state index in [0.717, 1.165) is 0 Å². The Morgan fingerprint density at radius 1 is 1.41 bits per heavy atom. The molecule has 1 heterocycles. The average molecular weight is 233 g/mol. The summed E-state index contributed by atoms with van der Waals surface area (Å²) >= 11 is 0. The molecule has 0 fully saturated rings. The third-order valence-electron chi connectivity index (χ3n) is 1.98. The molecule has 8 nitrogen and oxygen atoms in total. The zero-order chi connectivity index (χ0) is 12.3. The molecule has 0 saturated heterocycles. The second kappa shape index (κ2) is 4.39. The number of hydrogen-bond acceptors (Lipinski definition) is 6. The Hall–Kier alpha value is -2.77. The minimum atomic E-state index is -0.661. The monoisotopic (exact) mass is 233 g/mol. The summed E-state index contributed by atoms with van der Waals surface area (Å²) in [5, 5.41) is 31.1. The van der Waals surface area contributed by atoms with E-state index < -0.39 is 10.7 Å². The largest absolute Gasteiger partial charge is 0.502 e. The molecule has 17 heavy (non-hydrogen) atoms. The van der Waals surface area contributed by atoms with Crippen molar-refractivity contribution in [3.63, 3.8) is 0 Å². The van der Waals surface area contributed by atoms with E-state index in [1.54, 1.807) is 0 Å². The maximum Gasteiger partial charge on any atom is 0.311 e. The molecule has 86 valence electrons. The van der Waals surface area contributed by atoms with E-state index >= 15 is 0 Å². The van der Waals surface area contributed by atoms with Crippen molar-refractivity contribution in [2.24, 2.45) is 5.10 Å². The first-order valence-corrected chi connectivity index (χ1v) is 4.54. The Bertz CT molecular complexity index is 564. The van der Waals surface area contributed by atoms with Crippen molar-refractivity contribution < 1.29 is 10.0 Å². The molecule has 0 aliphatic heterocycles. The lowest BCUT2D eigenvalue weighted by Gasteiger charge is -1.99. The van der Waals surface area contributed by atoms with Gasteiger partial charge in [-0.2, -0.15) is 5.10 Å². The van der Waals surface area contributed by atoms with Gasteiger partial charge in [0.2, 0.25) is 5.75 Å². The first-order chi connectivity index (χ1) is 8.18. The van der Waals surface area contributed by atoms with Crippen molar-refractivity contribution in [1.29, 1.82) is 0 Å². The summed E-state index contributed by atoms with van der Waals surface area (Å²) in [6.07, 6.45) is 3.99. The molecule has 2 rings (SSSR count). The SMILES string of the molecule is O=[N+]([O-])c1cccc(C=Nn2cnnc2)c1O. The van der Waals surface area contributed by atoms with Gasteiger partial charge in [-0.3, -0.25) is 10.1 Å². The first-order valence-electron chi connectivity index (χ1n) is 4.54. The van der Waals surface area contributed by atoms with Crippen LogP contribution in [0, 0.1) is 10.1 Å². The van der Waals surface area contributed by atoms with Gasteiger partial charge >= 0.3 is 5.69 Å². The number of phenols is 1. The molecule has 8 heteroatoms. The molecule has 2 aromatic rings. The van der Waals surface area contributed by atoms with Crippen LogP contribution in [-0.4, -0.2) is 31.1 Å². The van der Waals surface area contributed by atoms with E-state index in [-0.39, 0.29) is 11.3 Å². The molecule has 0 unspecified atom stereocenters. The summed E-state index contributed by atoms with van der Waals surface area (Å²) in [5.41, 5.74) is -0.120. The number of para-hydroxylation sites is 1. The summed E-state index contributed by atoms with van der Waals surface area (Å²) in [7, 11) is 0. The van der Waals surface area contributed by atoms with E-state index in [1.165, 1.54) is 41.7 Å². The number of nitro groups is 1. The Morgan fingerprint density at radius 2 is 2.12 bits per heavy atom. The molecule has 1 N–H and O–H groups in total. The number of phenolic OH excluding ortho intramolecular Hbond substituents is 1. The van der Waals surface area contributed by atoms with Crippen LogP contribution in [0.15, 0.2) is 36.0 Å². The second-order valence-corrected chi connectivity index (χ2v) is 3.06. The zero-order valence-electron chi connectivity index (χ0n) is 8.46. The van der Waals surface area contributed by atoms with E-state index in [0.29, 0.717) is 0 Å². The zero-order valence-corrected chi connectivity index (χ0v) is 8.46. The van der Waals surface area contributed by atoms with Crippen molar-refractivity contribution in [3.8, 4) is 5.75 Å². The van der Waals surface area contributed by atoms with Gasteiger partial charge in [0.1, 0.15) is 12.7 Å². The van der Waals surface area contributed by atoms with Crippen molar-refractivity contribution in [2.45, 2.75) is 0 Å². The number of nitrogens with zero attached hydrogens (tertiary/aromatic N) is 5. The van der Waals surface area contributed by atoms with Gasteiger partial charge in [-0.05, 0) is 6.07 Å². The molecule has 0 radical (unpaired) electrons. The van der Waals surface area contributed by atoms with Gasteiger partial charge in [-0.1, -0.05) is 6.07 Å². The molecule has 0 amide bonds. The minimum absolute atomic E-state index is 0.243. The molecule has 0 aliphatic rings. The van der Waals surface area contributed by atoms with Crippen LogP contribution < -0.4 is 0 Å². The van der Waals surface area contributed by atoms with Crippen LogP contribution in [0.2, 0.25) is 0 Å². The average Bonchev–Trinajstić information content (AvgIpc) is 2.80. The van der Waals surface area contributed by atoms with E-state index in [1.807, 2.05) is 0 Å². The van der Waals surface area contributed by atoms with Gasteiger partial charge < -0.3 is 5.11 Å². The van der Waals surface area contributed by atoms with Gasteiger partial charge in [-0.15, -0.1) is 10.2 Å². The highest BCUT2D eigenvalue weighted by atomic mass is 16.6. The Kier molecular flexibility index (Phi) is 2.77. The molecule has 0 saturated carbocycles. The van der Waals surface area contributed by atoms with Gasteiger partial charge in [0.25, 0.3) is 0 Å². The number of nitro benzene ring substituents is 1. The Labute approximate surface area is 95.0 Å². The molecule has 1 aromatic carbocycles. The first kappa shape index (κ1) is 10.7. The van der Waals surface area contributed by atoms with Crippen LogP contribution in [0.4, 0.5) is 5.69 Å². The fraction of sp³-hybridized carbons (Fsp3) is 0. The van der Waals surface area contributed by atoms with Crippen LogP contribution in [0.3, 0.4) is 0 Å². The van der Waals surface area contributed by atoms with Crippen molar-refractivity contribution in [3.05, 3.63) is 46.5 Å². The summed E-state index contributed by atoms with van der Waals surface area (Å²) in [4.78, 5) is 9.92. The summed E-state index contributed by atoms with van der Waals surface area (Å²) in [6, 6.07) is 4.19. The summed E-state index contributed by atoms with van der Waals surface area (Å²) < 4.78 is 1.30. The minimum Gasteiger partial charge on any atom is -0.502 e. The predicted molar refractivity (Wildman–Crippen MR) is 57.8 cm³/mol. The number of hydrogen-bond donors (Lipinski definition) is 1. The van der Waals surface area contributed by atoms with Crippen molar-refractivity contribution in [2.75, 3.05) is 0 Å². The van der Waals surface area contributed by atoms with E-state index in [4.69, 9.17) is 0 Å². The molecular weight excluding hydrogens is 226 g/mol. The van der Waals surface area contributed by atoms with Gasteiger partial charge in [-0.25, -0.2) is 4.68 Å². The van der Waals surface area contributed by atoms with Gasteiger partial charge in [0, 0.05) is 11.6 Å². The molecule has 0 atom stereocenters. The Balaban J connectivity index is 2.34. The highest BCUT2D eigenvalue weighted by Crippen LogP contribution is 2.27. The maximum atomic E-state index is 10.6. The lowest BCUT2D eigenvalue weighted by molar-refractivity contribution is -0.385. The predicted octanol–water partition coefficient (Wildman–Crippen LogP) is 0.774. The standard InChI is InChI=1S/C9H7N5O3/c15-9-7(2-1-3-8(9)14(16)17)4-12-13-5-10-11-6-13/h1-6,15H. The highest BCUT2D eigenvalue weighted by Gasteiger charge is 2.14. The smallest absolute Gasteiger partial charge is 0.311 e. The van der Waals surface area contributed by atoms with Crippen LogP contribution in [-0.2, 0) is 0 Å². The number of rotatable bonds is 3. The van der Waals surface area contributed by atoms with Crippen molar-refractivity contribution >= 4 is 11.9 Å². The van der Waals surface area contributed by atoms with E-state index in [9.17, 15) is 15.2 Å². The number of aromatic nitrogens is 3. The second-order valence-electron chi connectivity index (χ2n) is 3.06. The van der Waals surface area contributed by atoms with Gasteiger partial charge in [0.15, 0.2) is 0 Å². The topological polar surface area (TPSA) is 106 Å². The molecule has 0 aliphatic carbocycles. The van der Waals surface area contributed by atoms with Crippen LogP contribution in [0.1, 0.15) is 5.56 Å². The number of aromatic hydroxyl groups is 1. The lowest BCUT2D eigenvalue weighted by Crippen LogP contribution is -1.93. The van der Waals surface area contributed by atoms with Crippen LogP contribution in [0.5, 0.6) is 5.75 Å². The summed E-state index contributed by atoms with van der Waals surface area (Å²) in [5.74, 6) is -0.422. The van der Waals surface area contributed by atoms with Crippen molar-refractivity contribution in [1.82, 2.24) is 14.9 Å². The fourth-order valence-electron chi connectivity index (χ4n) is 1.18. The third kappa shape index (κ3) is 2.25. The quantitative estimate of drug-likeness (QED) is 0.478. The fourth-order valence-corrected chi connectivity index (χ4v) is 1.18. The molecular formula is C9H7N5O3. The third-order valence-corrected chi connectivity index (χ3v) is 1.98. The maximum absolute atomic E-state index is 10.6. The Morgan fingerprint density at radius 3 is 2.76 bits per heavy atom. The van der Waals surface area contributed by atoms with Gasteiger partial charge in [0.05, 0.1) is 11.1 Å². The van der Waals surface area contributed by atoms with Crippen LogP contribution >= 0.6 is 0 Å². The normalized spacial score (nSPS) is 10.8. The summed E-state index contributed by atoms with van der Waals surface area (Å²) in [6.45, 7) is 0. The molecule has 0 spiro atoms. The lowest BCUT2D eigenvalue weighted by atomic mass is 10.2. The molecule has 0 bridgehead atoms. The van der Waals surface area contributed by atoms with Crippen LogP contribution in [0.25, 0.3) is 0 Å². The molecule has 1 aromatic heterocycles. The number of benzene rings is 1.